The molecule has 18 heavy (non-hydrogen) atoms. The van der Waals surface area contributed by atoms with E-state index in [0.29, 0.717) is 0 Å². The largest absolute Gasteiger partial charge is 0.399 e. The summed E-state index contributed by atoms with van der Waals surface area (Å²) in [6, 6.07) is 0.132. The maximum atomic E-state index is 12.7. The molecule has 0 spiro atoms. The van der Waals surface area contributed by atoms with Crippen LogP contribution in [-0.2, 0) is 6.54 Å². The zero-order valence-corrected chi connectivity index (χ0v) is 10.2. The number of aromatic nitrogens is 2. The molecule has 2 rings (SSSR count). The predicted molar refractivity (Wildman–Crippen MR) is 63.3 cm³/mol. The minimum atomic E-state index is -4.53. The predicted octanol–water partition coefficient (Wildman–Crippen LogP) is 1.45. The zero-order valence-electron chi connectivity index (χ0n) is 9.35. The summed E-state index contributed by atoms with van der Waals surface area (Å²) >= 11 is 4.41. The van der Waals surface area contributed by atoms with E-state index in [0.717, 1.165) is 17.4 Å². The van der Waals surface area contributed by atoms with Crippen LogP contribution in [0.2, 0.25) is 0 Å². The summed E-state index contributed by atoms with van der Waals surface area (Å²) in [4.78, 5) is 11.2. The van der Waals surface area contributed by atoms with Gasteiger partial charge in [-0.1, -0.05) is 12.2 Å². The number of nitrogens with zero attached hydrogens (tertiary/aromatic N) is 2. The van der Waals surface area contributed by atoms with E-state index in [4.69, 9.17) is 5.73 Å². The Hall–Kier alpha value is -1.31. The van der Waals surface area contributed by atoms with Crippen molar-refractivity contribution in [3.8, 4) is 0 Å². The van der Waals surface area contributed by atoms with Crippen LogP contribution in [0, 0.1) is 5.92 Å². The SMILES string of the molecule is NC(=S)C(Cn1ccn(C2CC2)c1=O)C(F)(F)F. The van der Waals surface area contributed by atoms with E-state index in [1.807, 2.05) is 0 Å². The number of nitrogens with two attached hydrogens (primary N) is 1. The van der Waals surface area contributed by atoms with Crippen molar-refractivity contribution in [3.63, 3.8) is 0 Å². The second-order valence-electron chi connectivity index (χ2n) is 4.37. The van der Waals surface area contributed by atoms with Crippen molar-refractivity contribution in [1.29, 1.82) is 0 Å². The molecule has 0 aliphatic heterocycles. The van der Waals surface area contributed by atoms with Crippen LogP contribution in [-0.4, -0.2) is 20.3 Å². The first-order valence-corrected chi connectivity index (χ1v) is 5.85. The number of alkyl halides is 3. The first kappa shape index (κ1) is 13.1. The number of imidazole rings is 1. The molecule has 1 aromatic heterocycles. The molecule has 1 fully saturated rings. The van der Waals surface area contributed by atoms with Gasteiger partial charge in [0.1, 0.15) is 5.92 Å². The van der Waals surface area contributed by atoms with Crippen LogP contribution in [0.25, 0.3) is 0 Å². The van der Waals surface area contributed by atoms with Gasteiger partial charge in [0.2, 0.25) is 0 Å². The van der Waals surface area contributed by atoms with Gasteiger partial charge in [-0.25, -0.2) is 4.79 Å². The molecule has 0 radical (unpaired) electrons. The molecule has 0 aromatic carbocycles. The highest BCUT2D eigenvalue weighted by atomic mass is 32.1. The van der Waals surface area contributed by atoms with Gasteiger partial charge < -0.3 is 5.73 Å². The van der Waals surface area contributed by atoms with E-state index in [2.05, 4.69) is 12.2 Å². The summed E-state index contributed by atoms with van der Waals surface area (Å²) in [5, 5.41) is 0. The molecule has 8 heteroatoms. The molecular formula is C10H12F3N3OS. The number of thiocarbonyl (C=S) groups is 1. The summed E-state index contributed by atoms with van der Waals surface area (Å²) < 4.78 is 40.5. The van der Waals surface area contributed by atoms with Crippen LogP contribution in [0.15, 0.2) is 17.2 Å². The van der Waals surface area contributed by atoms with Crippen LogP contribution >= 0.6 is 12.2 Å². The molecule has 0 saturated heterocycles. The maximum Gasteiger partial charge on any atom is 0.399 e. The highest BCUT2D eigenvalue weighted by Gasteiger charge is 2.42. The average Bonchev–Trinajstić information content (AvgIpc) is 2.99. The second kappa shape index (κ2) is 4.42. The lowest BCUT2D eigenvalue weighted by molar-refractivity contribution is -0.158. The van der Waals surface area contributed by atoms with E-state index in [9.17, 15) is 18.0 Å². The van der Waals surface area contributed by atoms with E-state index < -0.39 is 29.3 Å². The molecule has 0 amide bonds. The van der Waals surface area contributed by atoms with E-state index >= 15 is 0 Å². The van der Waals surface area contributed by atoms with Gasteiger partial charge in [-0.2, -0.15) is 13.2 Å². The Morgan fingerprint density at radius 3 is 2.56 bits per heavy atom. The summed E-state index contributed by atoms with van der Waals surface area (Å²) in [6.07, 6.45) is 0.0987. The lowest BCUT2D eigenvalue weighted by Crippen LogP contribution is -2.39. The number of hydrogen-bond donors (Lipinski definition) is 1. The van der Waals surface area contributed by atoms with E-state index in [1.165, 1.54) is 17.0 Å². The summed E-state index contributed by atoms with van der Waals surface area (Å²) in [7, 11) is 0. The van der Waals surface area contributed by atoms with Gasteiger partial charge in [-0.15, -0.1) is 0 Å². The topological polar surface area (TPSA) is 52.9 Å². The van der Waals surface area contributed by atoms with Gasteiger partial charge >= 0.3 is 11.9 Å². The van der Waals surface area contributed by atoms with Crippen LogP contribution < -0.4 is 11.4 Å². The number of hydrogen-bond acceptors (Lipinski definition) is 2. The Bertz CT molecular complexity index is 515. The smallest absolute Gasteiger partial charge is 0.393 e. The Morgan fingerprint density at radius 1 is 1.50 bits per heavy atom. The average molecular weight is 279 g/mol. The van der Waals surface area contributed by atoms with Crippen LogP contribution in [0.4, 0.5) is 13.2 Å². The maximum absolute atomic E-state index is 12.7. The molecule has 1 aliphatic rings. The lowest BCUT2D eigenvalue weighted by atomic mass is 10.1. The van der Waals surface area contributed by atoms with Crippen LogP contribution in [0.3, 0.4) is 0 Å². The minimum Gasteiger partial charge on any atom is -0.393 e. The first-order valence-electron chi connectivity index (χ1n) is 5.44. The van der Waals surface area contributed by atoms with Gasteiger partial charge in [0, 0.05) is 25.0 Å². The Morgan fingerprint density at radius 2 is 2.11 bits per heavy atom. The van der Waals surface area contributed by atoms with E-state index in [1.54, 1.807) is 0 Å². The van der Waals surface area contributed by atoms with Crippen molar-refractivity contribution < 1.29 is 13.2 Å². The van der Waals surface area contributed by atoms with Crippen molar-refractivity contribution in [2.75, 3.05) is 0 Å². The third-order valence-electron chi connectivity index (χ3n) is 2.93. The molecule has 1 unspecified atom stereocenters. The summed E-state index contributed by atoms with van der Waals surface area (Å²) in [6.45, 7) is -0.558. The van der Waals surface area contributed by atoms with Crippen molar-refractivity contribution in [3.05, 3.63) is 22.9 Å². The Kier molecular flexibility index (Phi) is 3.22. The van der Waals surface area contributed by atoms with Gasteiger partial charge in [-0.3, -0.25) is 9.13 Å². The summed E-state index contributed by atoms with van der Waals surface area (Å²) in [5.41, 5.74) is 4.65. The first-order chi connectivity index (χ1) is 8.30. The Labute approximate surface area is 106 Å². The van der Waals surface area contributed by atoms with Crippen molar-refractivity contribution in [2.24, 2.45) is 11.7 Å². The molecule has 1 atom stereocenters. The highest BCUT2D eigenvalue weighted by Crippen LogP contribution is 2.33. The van der Waals surface area contributed by atoms with Crippen molar-refractivity contribution in [1.82, 2.24) is 9.13 Å². The molecule has 1 heterocycles. The molecule has 1 saturated carbocycles. The number of rotatable bonds is 4. The molecule has 1 aliphatic carbocycles. The fourth-order valence-corrected chi connectivity index (χ4v) is 1.96. The fourth-order valence-electron chi connectivity index (χ4n) is 1.75. The molecule has 1 aromatic rings. The Balaban J connectivity index is 2.22. The number of halogens is 3. The lowest BCUT2D eigenvalue weighted by Gasteiger charge is -2.18. The normalized spacial score (nSPS) is 17.7. The van der Waals surface area contributed by atoms with E-state index in [-0.39, 0.29) is 6.04 Å². The highest BCUT2D eigenvalue weighted by molar-refractivity contribution is 7.80. The third-order valence-corrected chi connectivity index (χ3v) is 3.22. The van der Waals surface area contributed by atoms with Gasteiger partial charge in [0.25, 0.3) is 0 Å². The molecule has 100 valence electrons. The summed E-state index contributed by atoms with van der Waals surface area (Å²) in [5.74, 6) is -1.97. The van der Waals surface area contributed by atoms with Gasteiger partial charge in [-0.05, 0) is 12.8 Å². The van der Waals surface area contributed by atoms with Gasteiger partial charge in [0.05, 0.1) is 4.99 Å². The standard InChI is InChI=1S/C10H12F3N3OS/c11-10(12,13)7(8(14)18)5-15-3-4-16(9(15)17)6-1-2-6/h3-4,6-7H,1-2,5H2,(H2,14,18). The third kappa shape index (κ3) is 2.58. The van der Waals surface area contributed by atoms with Crippen LogP contribution in [0.5, 0.6) is 0 Å². The fraction of sp³-hybridized carbons (Fsp3) is 0.600. The molecule has 4 nitrogen and oxygen atoms in total. The molecule has 2 N–H and O–H groups in total. The molecule has 0 bridgehead atoms. The zero-order chi connectivity index (χ0) is 13.5. The van der Waals surface area contributed by atoms with Crippen molar-refractivity contribution in [2.45, 2.75) is 31.6 Å². The monoisotopic (exact) mass is 279 g/mol. The van der Waals surface area contributed by atoms with Crippen molar-refractivity contribution >= 4 is 17.2 Å². The quantitative estimate of drug-likeness (QED) is 0.849. The minimum absolute atomic E-state index is 0.132. The molecular weight excluding hydrogens is 267 g/mol. The van der Waals surface area contributed by atoms with Crippen LogP contribution in [0.1, 0.15) is 18.9 Å². The second-order valence-corrected chi connectivity index (χ2v) is 4.84. The van der Waals surface area contributed by atoms with Gasteiger partial charge in [0.15, 0.2) is 0 Å².